The van der Waals surface area contributed by atoms with Crippen LogP contribution in [-0.2, 0) is 9.47 Å². The van der Waals surface area contributed by atoms with Crippen LogP contribution in [-0.4, -0.2) is 38.0 Å². The van der Waals surface area contributed by atoms with Crippen LogP contribution in [0.2, 0.25) is 0 Å². The smallest absolute Gasteiger partial charge is 0.130 e. The highest BCUT2D eigenvalue weighted by molar-refractivity contribution is 5.02. The van der Waals surface area contributed by atoms with E-state index in [1.165, 1.54) is 0 Å². The maximum Gasteiger partial charge on any atom is 0.130 e. The number of rotatable bonds is 1. The van der Waals surface area contributed by atoms with Gasteiger partial charge in [0, 0.05) is 12.6 Å². The maximum atomic E-state index is 5.87. The van der Waals surface area contributed by atoms with Crippen molar-refractivity contribution in [3.8, 4) is 0 Å². The molecule has 1 N–H and O–H groups in total. The Kier molecular flexibility index (Phi) is 2.58. The predicted molar refractivity (Wildman–Crippen MR) is 55.4 cm³/mol. The molecule has 2 rings (SSSR count). The van der Waals surface area contributed by atoms with Crippen LogP contribution in [0.5, 0.6) is 0 Å². The molecule has 2 heterocycles. The average Bonchev–Trinajstić information content (AvgIpc) is 1.99. The molecule has 2 fully saturated rings. The van der Waals surface area contributed by atoms with Gasteiger partial charge in [-0.05, 0) is 11.8 Å². The average molecular weight is 199 g/mol. The minimum atomic E-state index is -0.00840. The third kappa shape index (κ3) is 1.95. The highest BCUT2D eigenvalue weighted by Crippen LogP contribution is 2.34. The van der Waals surface area contributed by atoms with Crippen molar-refractivity contribution in [2.45, 2.75) is 38.8 Å². The molecule has 82 valence electrons. The molecule has 0 saturated carbocycles. The lowest BCUT2D eigenvalue weighted by atomic mass is 9.79. The fourth-order valence-electron chi connectivity index (χ4n) is 2.23. The van der Waals surface area contributed by atoms with Gasteiger partial charge in [-0.1, -0.05) is 20.8 Å². The van der Waals surface area contributed by atoms with Crippen LogP contribution in [0.4, 0.5) is 0 Å². The van der Waals surface area contributed by atoms with Crippen LogP contribution in [0.3, 0.4) is 0 Å². The van der Waals surface area contributed by atoms with Crippen molar-refractivity contribution in [3.05, 3.63) is 0 Å². The lowest BCUT2D eigenvalue weighted by molar-refractivity contribution is -0.240. The van der Waals surface area contributed by atoms with Crippen LogP contribution in [0.15, 0.2) is 0 Å². The largest absolute Gasteiger partial charge is 0.375 e. The maximum absolute atomic E-state index is 5.87. The van der Waals surface area contributed by atoms with Crippen molar-refractivity contribution < 1.29 is 9.47 Å². The molecule has 1 spiro atoms. The Bertz CT molecular complexity index is 206. The molecule has 1 atom stereocenters. The Morgan fingerprint density at radius 2 is 2.07 bits per heavy atom. The van der Waals surface area contributed by atoms with Crippen molar-refractivity contribution in [2.24, 2.45) is 5.41 Å². The summed E-state index contributed by atoms with van der Waals surface area (Å²) in [4.78, 5) is 0. The number of hydrogen-bond donors (Lipinski definition) is 1. The number of hydrogen-bond acceptors (Lipinski definition) is 3. The van der Waals surface area contributed by atoms with Gasteiger partial charge in [-0.15, -0.1) is 0 Å². The summed E-state index contributed by atoms with van der Waals surface area (Å²) in [6.07, 6.45) is 1.15. The van der Waals surface area contributed by atoms with Crippen LogP contribution >= 0.6 is 0 Å². The van der Waals surface area contributed by atoms with E-state index in [0.29, 0.717) is 11.5 Å². The molecule has 0 bridgehead atoms. The van der Waals surface area contributed by atoms with Gasteiger partial charge in [0.05, 0.1) is 19.8 Å². The quantitative estimate of drug-likeness (QED) is 0.688. The van der Waals surface area contributed by atoms with E-state index < -0.39 is 0 Å². The van der Waals surface area contributed by atoms with Gasteiger partial charge >= 0.3 is 0 Å². The molecule has 0 aromatic heterocycles. The fourth-order valence-corrected chi connectivity index (χ4v) is 2.23. The van der Waals surface area contributed by atoms with E-state index >= 15 is 0 Å². The lowest BCUT2D eigenvalue weighted by Gasteiger charge is -2.51. The Labute approximate surface area is 86.2 Å². The van der Waals surface area contributed by atoms with Gasteiger partial charge in [-0.25, -0.2) is 0 Å². The normalized spacial score (nSPS) is 31.5. The van der Waals surface area contributed by atoms with E-state index in [1.807, 2.05) is 0 Å². The summed E-state index contributed by atoms with van der Waals surface area (Å²) in [5.41, 5.74) is 0.340. The molecule has 0 aromatic carbocycles. The summed E-state index contributed by atoms with van der Waals surface area (Å²) in [5, 5.41) is 3.56. The summed E-state index contributed by atoms with van der Waals surface area (Å²) in [6, 6.07) is 0.463. The van der Waals surface area contributed by atoms with E-state index in [9.17, 15) is 0 Å². The molecule has 0 radical (unpaired) electrons. The fraction of sp³-hybridized carbons (Fsp3) is 1.00. The van der Waals surface area contributed by atoms with Gasteiger partial charge < -0.3 is 14.8 Å². The zero-order chi connectivity index (χ0) is 10.2. The first-order valence-electron chi connectivity index (χ1n) is 5.47. The summed E-state index contributed by atoms with van der Waals surface area (Å²) in [7, 11) is 0. The number of nitrogens with one attached hydrogen (secondary N) is 1. The predicted octanol–water partition coefficient (Wildman–Crippen LogP) is 1.18. The Morgan fingerprint density at radius 3 is 2.57 bits per heavy atom. The second-order valence-corrected chi connectivity index (χ2v) is 5.68. The molecule has 0 amide bonds. The number of ether oxygens (including phenoxy) is 2. The first-order valence-corrected chi connectivity index (χ1v) is 5.47. The minimum absolute atomic E-state index is 0.00840. The number of morpholine rings is 1. The van der Waals surface area contributed by atoms with Gasteiger partial charge in [0.1, 0.15) is 5.60 Å². The zero-order valence-corrected chi connectivity index (χ0v) is 9.43. The molecular weight excluding hydrogens is 178 g/mol. The third-order valence-electron chi connectivity index (χ3n) is 3.03. The minimum Gasteiger partial charge on any atom is -0.375 e. The lowest BCUT2D eigenvalue weighted by Crippen LogP contribution is -2.68. The second kappa shape index (κ2) is 3.47. The molecule has 3 heteroatoms. The van der Waals surface area contributed by atoms with Gasteiger partial charge in [0.25, 0.3) is 0 Å². The molecule has 3 nitrogen and oxygen atoms in total. The standard InChI is InChI=1S/C11H21NO2/c1-10(2,3)6-9-11(7-13-8-11)14-5-4-12-9/h9,12H,4-8H2,1-3H3. The van der Waals surface area contributed by atoms with E-state index in [0.717, 1.165) is 32.8 Å². The third-order valence-corrected chi connectivity index (χ3v) is 3.03. The Balaban J connectivity index is 2.00. The molecule has 2 aliphatic rings. The topological polar surface area (TPSA) is 30.5 Å². The first-order chi connectivity index (χ1) is 6.52. The van der Waals surface area contributed by atoms with Crippen LogP contribution in [0.1, 0.15) is 27.2 Å². The highest BCUT2D eigenvalue weighted by Gasteiger charge is 2.49. The molecule has 14 heavy (non-hydrogen) atoms. The van der Waals surface area contributed by atoms with E-state index in [2.05, 4.69) is 26.1 Å². The van der Waals surface area contributed by atoms with E-state index in [-0.39, 0.29) is 5.60 Å². The Hall–Kier alpha value is -0.120. The molecular formula is C11H21NO2. The highest BCUT2D eigenvalue weighted by atomic mass is 16.6. The summed E-state index contributed by atoms with van der Waals surface area (Å²) < 4.78 is 11.2. The molecule has 0 aromatic rings. The van der Waals surface area contributed by atoms with Gasteiger partial charge in [-0.3, -0.25) is 0 Å². The molecule has 1 unspecified atom stereocenters. The first kappa shape index (κ1) is 10.4. The van der Waals surface area contributed by atoms with Crippen molar-refractivity contribution in [3.63, 3.8) is 0 Å². The summed E-state index contributed by atoms with van der Waals surface area (Å²) in [5.74, 6) is 0. The summed E-state index contributed by atoms with van der Waals surface area (Å²) >= 11 is 0. The van der Waals surface area contributed by atoms with Crippen molar-refractivity contribution >= 4 is 0 Å². The molecule has 2 saturated heterocycles. The second-order valence-electron chi connectivity index (χ2n) is 5.68. The van der Waals surface area contributed by atoms with Crippen LogP contribution in [0.25, 0.3) is 0 Å². The van der Waals surface area contributed by atoms with Crippen LogP contribution in [0, 0.1) is 5.41 Å². The molecule has 0 aliphatic carbocycles. The summed E-state index contributed by atoms with van der Waals surface area (Å²) in [6.45, 7) is 10.2. The van der Waals surface area contributed by atoms with Gasteiger partial charge in [-0.2, -0.15) is 0 Å². The Morgan fingerprint density at radius 1 is 1.36 bits per heavy atom. The SMILES string of the molecule is CC(C)(C)CC1NCCOC12COC2. The van der Waals surface area contributed by atoms with Crippen molar-refractivity contribution in [1.29, 1.82) is 0 Å². The monoisotopic (exact) mass is 199 g/mol. The van der Waals surface area contributed by atoms with E-state index in [1.54, 1.807) is 0 Å². The van der Waals surface area contributed by atoms with Crippen LogP contribution < -0.4 is 5.32 Å². The van der Waals surface area contributed by atoms with Crippen molar-refractivity contribution in [1.82, 2.24) is 5.32 Å². The van der Waals surface area contributed by atoms with Gasteiger partial charge in [0.15, 0.2) is 0 Å². The van der Waals surface area contributed by atoms with Crippen molar-refractivity contribution in [2.75, 3.05) is 26.4 Å². The van der Waals surface area contributed by atoms with E-state index in [4.69, 9.17) is 9.47 Å². The van der Waals surface area contributed by atoms with Gasteiger partial charge in [0.2, 0.25) is 0 Å². The zero-order valence-electron chi connectivity index (χ0n) is 9.43. The molecule has 2 aliphatic heterocycles.